The minimum absolute atomic E-state index is 0.0315. The maximum absolute atomic E-state index is 12.1. The van der Waals surface area contributed by atoms with Crippen molar-refractivity contribution in [2.75, 3.05) is 11.5 Å². The summed E-state index contributed by atoms with van der Waals surface area (Å²) < 4.78 is 5.56. The molecule has 14 heteroatoms. The van der Waals surface area contributed by atoms with Crippen LogP contribution in [0.5, 0.6) is 5.75 Å². The van der Waals surface area contributed by atoms with Crippen molar-refractivity contribution in [3.8, 4) is 29.0 Å². The summed E-state index contributed by atoms with van der Waals surface area (Å²) in [7, 11) is 0. The molecule has 0 aliphatic heterocycles. The molecule has 0 saturated heterocycles. The Bertz CT molecular complexity index is 1570. The van der Waals surface area contributed by atoms with Crippen LogP contribution >= 0.6 is 15.9 Å². The van der Waals surface area contributed by atoms with Crippen molar-refractivity contribution in [1.29, 1.82) is 10.5 Å². The van der Waals surface area contributed by atoms with E-state index in [1.807, 2.05) is 6.07 Å². The number of nitrogen functional groups attached to an aromatic ring is 2. The molecule has 5 N–H and O–H groups in total. The van der Waals surface area contributed by atoms with Gasteiger partial charge in [0.25, 0.3) is 11.4 Å². The van der Waals surface area contributed by atoms with Gasteiger partial charge in [0.05, 0.1) is 33.1 Å². The number of nitrogens with zero attached hydrogens (tertiary/aromatic N) is 4. The van der Waals surface area contributed by atoms with Gasteiger partial charge in [0, 0.05) is 22.2 Å². The Labute approximate surface area is 230 Å². The summed E-state index contributed by atoms with van der Waals surface area (Å²) in [5.41, 5.74) is 10.5. The molecule has 0 heterocycles. The van der Waals surface area contributed by atoms with Crippen LogP contribution in [0.2, 0.25) is 0 Å². The summed E-state index contributed by atoms with van der Waals surface area (Å²) in [6, 6.07) is 12.7. The number of carbonyl (C=O) groups is 1. The summed E-state index contributed by atoms with van der Waals surface area (Å²) >= 11 is 3.03. The molecule has 3 aromatic rings. The number of anilines is 2. The van der Waals surface area contributed by atoms with E-state index in [4.69, 9.17) is 26.7 Å². The van der Waals surface area contributed by atoms with Gasteiger partial charge < -0.3 is 21.3 Å². The van der Waals surface area contributed by atoms with E-state index in [0.717, 1.165) is 12.1 Å². The number of halogens is 1. The van der Waals surface area contributed by atoms with Gasteiger partial charge in [0.15, 0.2) is 0 Å². The molecule has 0 unspecified atom stereocenters. The highest BCUT2D eigenvalue weighted by Crippen LogP contribution is 2.37. The first kappa shape index (κ1) is 30.0. The number of esters is 1. The SMILES string of the molecule is CC(C)(C)OC(=O)c1ccc(-c2cc(C#N)cc([N+](=O)[O-])c2N)cc1O.N#Cc1cc(Br)c(N)c([N+](=O)[O-])c1. The van der Waals surface area contributed by atoms with Crippen molar-refractivity contribution in [2.45, 2.75) is 26.4 Å². The van der Waals surface area contributed by atoms with E-state index in [1.54, 1.807) is 26.8 Å². The van der Waals surface area contributed by atoms with Crippen molar-refractivity contribution in [3.05, 3.63) is 83.9 Å². The van der Waals surface area contributed by atoms with E-state index in [-0.39, 0.29) is 45.1 Å². The van der Waals surface area contributed by atoms with Gasteiger partial charge >= 0.3 is 5.97 Å². The third-order valence-corrected chi connectivity index (χ3v) is 5.50. The molecular formula is C25H21BrN6O7. The number of nitro groups is 2. The summed E-state index contributed by atoms with van der Waals surface area (Å²) in [6.45, 7) is 5.09. The van der Waals surface area contributed by atoms with E-state index in [9.17, 15) is 30.1 Å². The van der Waals surface area contributed by atoms with E-state index >= 15 is 0 Å². The summed E-state index contributed by atoms with van der Waals surface area (Å²) in [6.07, 6.45) is 0. The Balaban J connectivity index is 0.000000344. The highest BCUT2D eigenvalue weighted by molar-refractivity contribution is 9.10. The van der Waals surface area contributed by atoms with Gasteiger partial charge in [-0.1, -0.05) is 6.07 Å². The van der Waals surface area contributed by atoms with Crippen LogP contribution in [-0.2, 0) is 4.74 Å². The van der Waals surface area contributed by atoms with Crippen molar-refractivity contribution in [2.24, 2.45) is 0 Å². The van der Waals surface area contributed by atoms with E-state index in [2.05, 4.69) is 15.9 Å². The number of rotatable bonds is 4. The minimum Gasteiger partial charge on any atom is -0.507 e. The van der Waals surface area contributed by atoms with Gasteiger partial charge in [-0.3, -0.25) is 20.2 Å². The van der Waals surface area contributed by atoms with Crippen LogP contribution in [0.1, 0.15) is 42.3 Å². The molecule has 0 radical (unpaired) electrons. The molecule has 3 rings (SSSR count). The molecular weight excluding hydrogens is 576 g/mol. The Morgan fingerprint density at radius 1 is 0.949 bits per heavy atom. The maximum Gasteiger partial charge on any atom is 0.342 e. The number of aromatic hydroxyl groups is 1. The highest BCUT2D eigenvalue weighted by Gasteiger charge is 2.23. The third kappa shape index (κ3) is 7.41. The Morgan fingerprint density at radius 2 is 1.46 bits per heavy atom. The number of phenols is 1. The maximum atomic E-state index is 12.1. The lowest BCUT2D eigenvalue weighted by atomic mass is 9.98. The van der Waals surface area contributed by atoms with Crippen LogP contribution < -0.4 is 11.5 Å². The van der Waals surface area contributed by atoms with E-state index in [1.165, 1.54) is 30.3 Å². The smallest absolute Gasteiger partial charge is 0.342 e. The van der Waals surface area contributed by atoms with Crippen molar-refractivity contribution in [1.82, 2.24) is 0 Å². The Kier molecular flexibility index (Phi) is 9.15. The first-order valence-corrected chi connectivity index (χ1v) is 11.6. The zero-order chi connectivity index (χ0) is 29.7. The molecule has 0 amide bonds. The molecule has 0 bridgehead atoms. The second kappa shape index (κ2) is 11.9. The van der Waals surface area contributed by atoms with Crippen molar-refractivity contribution < 1.29 is 24.5 Å². The lowest BCUT2D eigenvalue weighted by molar-refractivity contribution is -0.384. The first-order chi connectivity index (χ1) is 18.1. The molecule has 0 spiro atoms. The number of benzene rings is 3. The van der Waals surface area contributed by atoms with Crippen LogP contribution in [-0.4, -0.2) is 26.5 Å². The van der Waals surface area contributed by atoms with Gasteiger partial charge in [-0.2, -0.15) is 10.5 Å². The van der Waals surface area contributed by atoms with Crippen molar-refractivity contribution >= 4 is 44.6 Å². The molecule has 13 nitrogen and oxygen atoms in total. The average molecular weight is 597 g/mol. The quantitative estimate of drug-likeness (QED) is 0.153. The third-order valence-electron chi connectivity index (χ3n) is 4.85. The summed E-state index contributed by atoms with van der Waals surface area (Å²) in [4.78, 5) is 32.4. The number of nitro benzene ring substituents is 2. The van der Waals surface area contributed by atoms with Gasteiger partial charge in [-0.25, -0.2) is 4.79 Å². The molecule has 0 atom stereocenters. The topological polar surface area (TPSA) is 232 Å². The lowest BCUT2D eigenvalue weighted by Gasteiger charge is -2.20. The Hall–Kier alpha value is -5.21. The van der Waals surface area contributed by atoms with Crippen LogP contribution in [0.25, 0.3) is 11.1 Å². The molecule has 39 heavy (non-hydrogen) atoms. The van der Waals surface area contributed by atoms with Crippen LogP contribution in [0, 0.1) is 42.9 Å². The minimum atomic E-state index is -0.728. The number of phenolic OH excluding ortho intramolecular Hbond substituents is 1. The van der Waals surface area contributed by atoms with Gasteiger partial charge in [0.1, 0.15) is 28.3 Å². The van der Waals surface area contributed by atoms with Crippen LogP contribution in [0.15, 0.2) is 46.9 Å². The average Bonchev–Trinajstić information content (AvgIpc) is 2.84. The zero-order valence-corrected chi connectivity index (χ0v) is 22.3. The fourth-order valence-corrected chi connectivity index (χ4v) is 3.57. The summed E-state index contributed by atoms with van der Waals surface area (Å²) in [5, 5.41) is 49.3. The first-order valence-electron chi connectivity index (χ1n) is 10.8. The molecule has 0 fully saturated rings. The second-order valence-electron chi connectivity index (χ2n) is 8.82. The fourth-order valence-electron chi connectivity index (χ4n) is 3.12. The second-order valence-corrected chi connectivity index (χ2v) is 9.67. The lowest BCUT2D eigenvalue weighted by Crippen LogP contribution is -2.23. The summed E-state index contributed by atoms with van der Waals surface area (Å²) in [5.74, 6) is -1.06. The largest absolute Gasteiger partial charge is 0.507 e. The van der Waals surface area contributed by atoms with E-state index < -0.39 is 27.1 Å². The zero-order valence-electron chi connectivity index (χ0n) is 20.8. The van der Waals surface area contributed by atoms with E-state index in [0.29, 0.717) is 10.0 Å². The normalized spacial score (nSPS) is 10.3. The number of carbonyl (C=O) groups excluding carboxylic acids is 1. The van der Waals surface area contributed by atoms with Crippen LogP contribution in [0.3, 0.4) is 0 Å². The molecule has 0 aromatic heterocycles. The number of nitriles is 2. The molecule has 3 aromatic carbocycles. The molecule has 0 aliphatic rings. The molecule has 0 saturated carbocycles. The number of ether oxygens (including phenoxy) is 1. The number of hydrogen-bond acceptors (Lipinski definition) is 11. The van der Waals surface area contributed by atoms with Gasteiger partial charge in [-0.05, 0) is 66.5 Å². The predicted molar refractivity (Wildman–Crippen MR) is 144 cm³/mol. The monoisotopic (exact) mass is 596 g/mol. The number of hydrogen-bond donors (Lipinski definition) is 3. The van der Waals surface area contributed by atoms with Gasteiger partial charge in [-0.15, -0.1) is 0 Å². The molecule has 200 valence electrons. The molecule has 0 aliphatic carbocycles. The number of nitrogens with two attached hydrogens (primary N) is 2. The van der Waals surface area contributed by atoms with Crippen molar-refractivity contribution in [3.63, 3.8) is 0 Å². The predicted octanol–water partition coefficient (Wildman–Crippen LogP) is 5.19. The Morgan fingerprint density at radius 3 is 1.92 bits per heavy atom. The van der Waals surface area contributed by atoms with Crippen LogP contribution in [0.4, 0.5) is 22.7 Å². The van der Waals surface area contributed by atoms with Gasteiger partial charge in [0.2, 0.25) is 0 Å². The highest BCUT2D eigenvalue weighted by atomic mass is 79.9. The fraction of sp³-hybridized carbons (Fsp3) is 0.160. The standard InChI is InChI=1S/C18H17N3O5.C7H4BrN3O2/c1-18(2,3)26-17(23)12-5-4-11(8-15(12)22)13-6-10(9-19)7-14(16(13)20)21(24)25;8-5-1-4(3-9)2-6(7(5)10)11(12)13/h4-8,22H,20H2,1-3H3;1-2H,10H2.